The minimum absolute atomic E-state index is 0.454. The molecule has 0 radical (unpaired) electrons. The van der Waals surface area contributed by atoms with Gasteiger partial charge < -0.3 is 9.80 Å². The van der Waals surface area contributed by atoms with Crippen LogP contribution in [0.1, 0.15) is 27.0 Å². The summed E-state index contributed by atoms with van der Waals surface area (Å²) in [5, 5.41) is 0. The SMILES string of the molecule is CN(C)c1ccc(C(=CC2=CC(=O)C(=O)c3ccccc32)c2ccc(N(C)C)cc2)cc1. The van der Waals surface area contributed by atoms with Gasteiger partial charge in [0.2, 0.25) is 11.6 Å². The Balaban J connectivity index is 1.87. The first kappa shape index (κ1) is 21.3. The number of nitrogens with zero attached hydrogens (tertiary/aromatic N) is 2. The van der Waals surface area contributed by atoms with Gasteiger partial charge in [-0.3, -0.25) is 9.59 Å². The summed E-state index contributed by atoms with van der Waals surface area (Å²) in [6.45, 7) is 0. The third-order valence-electron chi connectivity index (χ3n) is 5.68. The van der Waals surface area contributed by atoms with Crippen LogP contribution >= 0.6 is 0 Å². The molecule has 0 amide bonds. The van der Waals surface area contributed by atoms with Gasteiger partial charge in [0.1, 0.15) is 0 Å². The zero-order valence-corrected chi connectivity index (χ0v) is 18.8. The highest BCUT2D eigenvalue weighted by molar-refractivity contribution is 6.50. The summed E-state index contributed by atoms with van der Waals surface area (Å²) in [5.74, 6) is -0.940. The van der Waals surface area contributed by atoms with Crippen LogP contribution < -0.4 is 9.80 Å². The quantitative estimate of drug-likeness (QED) is 0.537. The van der Waals surface area contributed by atoms with E-state index in [1.165, 1.54) is 6.08 Å². The number of rotatable bonds is 5. The Morgan fingerprint density at radius 3 is 1.59 bits per heavy atom. The number of hydrogen-bond donors (Lipinski definition) is 0. The minimum Gasteiger partial charge on any atom is -0.378 e. The molecule has 4 rings (SSSR count). The maximum absolute atomic E-state index is 12.4. The van der Waals surface area contributed by atoms with E-state index < -0.39 is 11.6 Å². The lowest BCUT2D eigenvalue weighted by atomic mass is 9.86. The Bertz CT molecular complexity index is 1180. The lowest BCUT2D eigenvalue weighted by Crippen LogP contribution is -2.18. The molecule has 1 aliphatic rings. The maximum atomic E-state index is 12.4. The summed E-state index contributed by atoms with van der Waals surface area (Å²) in [5.41, 5.74) is 7.27. The van der Waals surface area contributed by atoms with Crippen LogP contribution in [0.2, 0.25) is 0 Å². The van der Waals surface area contributed by atoms with Crippen molar-refractivity contribution in [3.8, 4) is 0 Å². The number of allylic oxidation sites excluding steroid dienone is 3. The average molecular weight is 423 g/mol. The van der Waals surface area contributed by atoms with Gasteiger partial charge in [-0.15, -0.1) is 0 Å². The lowest BCUT2D eigenvalue weighted by molar-refractivity contribution is -0.110. The van der Waals surface area contributed by atoms with Gasteiger partial charge in [-0.25, -0.2) is 0 Å². The summed E-state index contributed by atoms with van der Waals surface area (Å²) < 4.78 is 0. The van der Waals surface area contributed by atoms with Crippen LogP contribution in [-0.4, -0.2) is 39.8 Å². The molecule has 3 aromatic carbocycles. The van der Waals surface area contributed by atoms with Crippen molar-refractivity contribution in [2.45, 2.75) is 0 Å². The number of Topliss-reactive ketones (excluding diaryl/α,β-unsaturated/α-hetero) is 1. The first-order valence-corrected chi connectivity index (χ1v) is 10.5. The Morgan fingerprint density at radius 2 is 1.12 bits per heavy atom. The van der Waals surface area contributed by atoms with Crippen LogP contribution in [-0.2, 0) is 4.79 Å². The molecular weight excluding hydrogens is 396 g/mol. The van der Waals surface area contributed by atoms with Crippen LogP contribution in [0.5, 0.6) is 0 Å². The Morgan fingerprint density at radius 1 is 0.656 bits per heavy atom. The van der Waals surface area contributed by atoms with Crippen LogP contribution in [0.4, 0.5) is 11.4 Å². The van der Waals surface area contributed by atoms with Gasteiger partial charge in [-0.2, -0.15) is 0 Å². The molecule has 160 valence electrons. The fourth-order valence-corrected chi connectivity index (χ4v) is 3.84. The van der Waals surface area contributed by atoms with E-state index in [-0.39, 0.29) is 0 Å². The summed E-state index contributed by atoms with van der Waals surface area (Å²) in [7, 11) is 8.05. The Hall–Kier alpha value is -3.92. The van der Waals surface area contributed by atoms with Gasteiger partial charge in [-0.1, -0.05) is 48.5 Å². The molecule has 3 aromatic rings. The highest BCUT2D eigenvalue weighted by Gasteiger charge is 2.24. The number of fused-ring (bicyclic) bond motifs is 1. The predicted molar refractivity (Wildman–Crippen MR) is 132 cm³/mol. The van der Waals surface area contributed by atoms with Gasteiger partial charge in [0.05, 0.1) is 0 Å². The largest absolute Gasteiger partial charge is 0.378 e. The number of benzene rings is 3. The number of hydrogen-bond acceptors (Lipinski definition) is 4. The molecule has 4 heteroatoms. The van der Waals surface area contributed by atoms with E-state index >= 15 is 0 Å². The molecule has 0 saturated carbocycles. The molecule has 0 spiro atoms. The van der Waals surface area contributed by atoms with Crippen molar-refractivity contribution in [2.24, 2.45) is 0 Å². The molecule has 0 aliphatic heterocycles. The zero-order chi connectivity index (χ0) is 22.8. The number of anilines is 2. The summed E-state index contributed by atoms with van der Waals surface area (Å²) in [4.78, 5) is 28.9. The van der Waals surface area contributed by atoms with Crippen molar-refractivity contribution >= 4 is 34.1 Å². The molecule has 1 aliphatic carbocycles. The van der Waals surface area contributed by atoms with Crippen LogP contribution in [0.25, 0.3) is 11.1 Å². The van der Waals surface area contributed by atoms with Crippen molar-refractivity contribution in [3.05, 3.63) is 107 Å². The topological polar surface area (TPSA) is 40.6 Å². The van der Waals surface area contributed by atoms with Crippen LogP contribution in [0, 0.1) is 0 Å². The van der Waals surface area contributed by atoms with E-state index in [9.17, 15) is 9.59 Å². The van der Waals surface area contributed by atoms with Crippen molar-refractivity contribution in [1.82, 2.24) is 0 Å². The average Bonchev–Trinajstić information content (AvgIpc) is 2.80. The van der Waals surface area contributed by atoms with Crippen LogP contribution in [0.3, 0.4) is 0 Å². The van der Waals surface area contributed by atoms with Crippen molar-refractivity contribution in [3.63, 3.8) is 0 Å². The van der Waals surface area contributed by atoms with Gasteiger partial charge >= 0.3 is 0 Å². The third-order valence-corrected chi connectivity index (χ3v) is 5.68. The fourth-order valence-electron chi connectivity index (χ4n) is 3.84. The molecule has 32 heavy (non-hydrogen) atoms. The molecule has 0 heterocycles. The molecular formula is C28H26N2O2. The van der Waals surface area contributed by atoms with Gasteiger partial charge in [0, 0.05) is 45.1 Å². The molecule has 0 atom stereocenters. The van der Waals surface area contributed by atoms with Gasteiger partial charge in [-0.05, 0) is 64.3 Å². The molecule has 0 unspecified atom stereocenters. The third kappa shape index (κ3) is 4.12. The molecule has 4 nitrogen and oxygen atoms in total. The van der Waals surface area contributed by atoms with E-state index in [4.69, 9.17) is 0 Å². The summed E-state index contributed by atoms with van der Waals surface area (Å²) in [6.07, 6.45) is 3.46. The fraction of sp³-hybridized carbons (Fsp3) is 0.143. The standard InChI is InChI=1S/C28H26N2O2/c1-29(2)22-13-9-19(10-14-22)26(20-11-15-23(16-12-20)30(3)4)17-21-18-27(31)28(32)25-8-6-5-7-24(21)25/h5-18H,1-4H3. The van der Waals surface area contributed by atoms with E-state index in [1.807, 2.05) is 46.4 Å². The second-order valence-corrected chi connectivity index (χ2v) is 8.28. The highest BCUT2D eigenvalue weighted by Crippen LogP contribution is 2.33. The van der Waals surface area contributed by atoms with E-state index in [1.54, 1.807) is 12.1 Å². The lowest BCUT2D eigenvalue weighted by Gasteiger charge is -2.18. The van der Waals surface area contributed by atoms with E-state index in [2.05, 4.69) is 58.3 Å². The molecule has 0 saturated heterocycles. The van der Waals surface area contributed by atoms with E-state index in [0.29, 0.717) is 5.56 Å². The first-order chi connectivity index (χ1) is 15.3. The van der Waals surface area contributed by atoms with Crippen molar-refractivity contribution in [1.29, 1.82) is 0 Å². The molecule has 0 aromatic heterocycles. The van der Waals surface area contributed by atoms with Gasteiger partial charge in [0.15, 0.2) is 0 Å². The summed E-state index contributed by atoms with van der Waals surface area (Å²) in [6, 6.07) is 23.9. The molecule has 0 N–H and O–H groups in total. The molecule has 0 fully saturated rings. The molecule has 0 bridgehead atoms. The zero-order valence-electron chi connectivity index (χ0n) is 18.8. The number of carbonyl (C=O) groups excluding carboxylic acids is 2. The Labute approximate surface area is 189 Å². The highest BCUT2D eigenvalue weighted by atomic mass is 16.2. The smallest absolute Gasteiger partial charge is 0.233 e. The predicted octanol–water partition coefficient (Wildman–Crippen LogP) is 5.10. The number of carbonyl (C=O) groups is 2. The monoisotopic (exact) mass is 422 g/mol. The second-order valence-electron chi connectivity index (χ2n) is 8.28. The maximum Gasteiger partial charge on any atom is 0.233 e. The van der Waals surface area contributed by atoms with Crippen LogP contribution in [0.15, 0.2) is 84.9 Å². The normalized spacial score (nSPS) is 12.7. The number of ketones is 2. The van der Waals surface area contributed by atoms with E-state index in [0.717, 1.165) is 39.2 Å². The Kier molecular flexibility index (Phi) is 5.78. The summed E-state index contributed by atoms with van der Waals surface area (Å²) >= 11 is 0. The minimum atomic E-state index is -0.486. The first-order valence-electron chi connectivity index (χ1n) is 10.5. The van der Waals surface area contributed by atoms with Gasteiger partial charge in [0.25, 0.3) is 0 Å². The second kappa shape index (κ2) is 8.67. The van der Waals surface area contributed by atoms with Crippen molar-refractivity contribution in [2.75, 3.05) is 38.0 Å². The van der Waals surface area contributed by atoms with Crippen molar-refractivity contribution < 1.29 is 9.59 Å².